The molecule has 2 rings (SSSR count). The van der Waals surface area contributed by atoms with E-state index >= 15 is 0 Å². The maximum atomic E-state index is 5.88. The molecule has 0 aliphatic carbocycles. The first-order chi connectivity index (χ1) is 7.15. The van der Waals surface area contributed by atoms with Gasteiger partial charge in [0.05, 0.1) is 35.3 Å². The fraction of sp³-hybridized carbons (Fsp3) is 0.222. The molecule has 0 amide bonds. The normalized spacial score (nSPS) is 10.6. The van der Waals surface area contributed by atoms with Crippen LogP contribution in [0.3, 0.4) is 0 Å². The fourth-order valence-electron chi connectivity index (χ4n) is 1.16. The quantitative estimate of drug-likeness (QED) is 0.812. The average Bonchev–Trinajstić information content (AvgIpc) is 2.50. The van der Waals surface area contributed by atoms with Crippen LogP contribution in [0.15, 0.2) is 18.6 Å². The topological polar surface area (TPSA) is 43.6 Å². The summed E-state index contributed by atoms with van der Waals surface area (Å²) < 4.78 is 1.72. The summed E-state index contributed by atoms with van der Waals surface area (Å²) in [6.45, 7) is 2.39. The van der Waals surface area contributed by atoms with Gasteiger partial charge in [0.15, 0.2) is 0 Å². The molecule has 78 valence electrons. The molecular weight excluding hydrogens is 235 g/mol. The molecule has 0 saturated heterocycles. The van der Waals surface area contributed by atoms with Gasteiger partial charge in [0, 0.05) is 6.20 Å². The van der Waals surface area contributed by atoms with Crippen LogP contribution >= 0.6 is 23.2 Å². The molecule has 2 aromatic heterocycles. The predicted molar refractivity (Wildman–Crippen MR) is 58.1 cm³/mol. The SMILES string of the molecule is Cc1nn(Cc2cnc(Cl)cn2)cc1Cl. The number of aromatic nitrogens is 4. The molecule has 0 aromatic carbocycles. The molecule has 2 aromatic rings. The van der Waals surface area contributed by atoms with E-state index in [4.69, 9.17) is 23.2 Å². The number of hydrogen-bond acceptors (Lipinski definition) is 3. The second kappa shape index (κ2) is 4.16. The van der Waals surface area contributed by atoms with Crippen molar-refractivity contribution in [3.8, 4) is 0 Å². The summed E-state index contributed by atoms with van der Waals surface area (Å²) in [4.78, 5) is 8.05. The summed E-state index contributed by atoms with van der Waals surface area (Å²) in [7, 11) is 0. The van der Waals surface area contributed by atoms with Crippen LogP contribution in [0.1, 0.15) is 11.4 Å². The molecule has 0 N–H and O–H groups in total. The zero-order chi connectivity index (χ0) is 10.8. The highest BCUT2D eigenvalue weighted by molar-refractivity contribution is 6.31. The molecular formula is C9H8Cl2N4. The van der Waals surface area contributed by atoms with Crippen LogP contribution in [0.5, 0.6) is 0 Å². The summed E-state index contributed by atoms with van der Waals surface area (Å²) in [5.74, 6) is 0. The van der Waals surface area contributed by atoms with Gasteiger partial charge in [-0.25, -0.2) is 4.98 Å². The second-order valence-corrected chi connectivity index (χ2v) is 3.88. The molecule has 4 nitrogen and oxygen atoms in total. The van der Waals surface area contributed by atoms with E-state index in [-0.39, 0.29) is 0 Å². The van der Waals surface area contributed by atoms with Crippen molar-refractivity contribution in [1.82, 2.24) is 19.7 Å². The summed E-state index contributed by atoms with van der Waals surface area (Å²) in [5, 5.41) is 5.24. The van der Waals surface area contributed by atoms with Gasteiger partial charge in [0.25, 0.3) is 0 Å². The molecule has 15 heavy (non-hydrogen) atoms. The van der Waals surface area contributed by atoms with Crippen LogP contribution in [0, 0.1) is 6.92 Å². The van der Waals surface area contributed by atoms with Crippen LogP contribution in [0.4, 0.5) is 0 Å². The highest BCUT2D eigenvalue weighted by atomic mass is 35.5. The lowest BCUT2D eigenvalue weighted by molar-refractivity contribution is 0.663. The van der Waals surface area contributed by atoms with Gasteiger partial charge in [0.1, 0.15) is 5.15 Å². The van der Waals surface area contributed by atoms with Gasteiger partial charge in [-0.1, -0.05) is 23.2 Å². The first-order valence-electron chi connectivity index (χ1n) is 4.31. The summed E-state index contributed by atoms with van der Waals surface area (Å²) in [5.41, 5.74) is 1.59. The van der Waals surface area contributed by atoms with Crippen molar-refractivity contribution in [2.45, 2.75) is 13.5 Å². The summed E-state index contributed by atoms with van der Waals surface area (Å²) in [6, 6.07) is 0. The lowest BCUT2D eigenvalue weighted by Crippen LogP contribution is -2.02. The lowest BCUT2D eigenvalue weighted by atomic mass is 10.4. The molecule has 0 bridgehead atoms. The Bertz CT molecular complexity index is 444. The Morgan fingerprint density at radius 3 is 2.60 bits per heavy atom. The Kier molecular flexibility index (Phi) is 2.88. The Balaban J connectivity index is 2.18. The highest BCUT2D eigenvalue weighted by Gasteiger charge is 2.03. The van der Waals surface area contributed by atoms with E-state index < -0.39 is 0 Å². The minimum atomic E-state index is 0.383. The Morgan fingerprint density at radius 2 is 2.07 bits per heavy atom. The molecule has 0 saturated carbocycles. The van der Waals surface area contributed by atoms with E-state index in [9.17, 15) is 0 Å². The van der Waals surface area contributed by atoms with Crippen LogP contribution < -0.4 is 0 Å². The van der Waals surface area contributed by atoms with Crippen molar-refractivity contribution in [1.29, 1.82) is 0 Å². The minimum absolute atomic E-state index is 0.383. The van der Waals surface area contributed by atoms with Crippen molar-refractivity contribution in [2.75, 3.05) is 0 Å². The van der Waals surface area contributed by atoms with E-state index in [0.29, 0.717) is 16.7 Å². The van der Waals surface area contributed by atoms with E-state index in [1.54, 1.807) is 17.1 Å². The molecule has 0 fully saturated rings. The van der Waals surface area contributed by atoms with Crippen LogP contribution in [0.25, 0.3) is 0 Å². The van der Waals surface area contributed by atoms with Crippen molar-refractivity contribution in [3.63, 3.8) is 0 Å². The van der Waals surface area contributed by atoms with Crippen molar-refractivity contribution in [2.24, 2.45) is 0 Å². The molecule has 0 aliphatic heterocycles. The molecule has 0 spiro atoms. The third-order valence-electron chi connectivity index (χ3n) is 1.88. The van der Waals surface area contributed by atoms with Crippen molar-refractivity contribution < 1.29 is 0 Å². The number of halogens is 2. The van der Waals surface area contributed by atoms with Crippen LogP contribution in [-0.2, 0) is 6.54 Å². The summed E-state index contributed by atoms with van der Waals surface area (Å²) >= 11 is 11.5. The molecule has 0 aliphatic rings. The second-order valence-electron chi connectivity index (χ2n) is 3.09. The van der Waals surface area contributed by atoms with Crippen molar-refractivity contribution in [3.05, 3.63) is 40.2 Å². The van der Waals surface area contributed by atoms with Crippen molar-refractivity contribution >= 4 is 23.2 Å². The van der Waals surface area contributed by atoms with Gasteiger partial charge >= 0.3 is 0 Å². The van der Waals surface area contributed by atoms with Gasteiger partial charge < -0.3 is 0 Å². The Hall–Kier alpha value is -1.13. The molecule has 0 atom stereocenters. The summed E-state index contributed by atoms with van der Waals surface area (Å²) in [6.07, 6.45) is 4.88. The Labute approximate surface area is 96.9 Å². The van der Waals surface area contributed by atoms with E-state index in [1.807, 2.05) is 6.92 Å². The monoisotopic (exact) mass is 242 g/mol. The minimum Gasteiger partial charge on any atom is -0.265 e. The maximum absolute atomic E-state index is 5.88. The van der Waals surface area contributed by atoms with Gasteiger partial charge in [-0.2, -0.15) is 5.10 Å². The third-order valence-corrected chi connectivity index (χ3v) is 2.45. The number of hydrogen-bond donors (Lipinski definition) is 0. The molecule has 2 heterocycles. The highest BCUT2D eigenvalue weighted by Crippen LogP contribution is 2.12. The molecule has 0 radical (unpaired) electrons. The fourth-order valence-corrected chi connectivity index (χ4v) is 1.41. The third kappa shape index (κ3) is 2.46. The maximum Gasteiger partial charge on any atom is 0.147 e. The van der Waals surface area contributed by atoms with Crippen LogP contribution in [0.2, 0.25) is 10.2 Å². The van der Waals surface area contributed by atoms with E-state index in [2.05, 4.69) is 15.1 Å². The standard InChI is InChI=1S/C9H8Cl2N4/c1-6-8(10)5-15(14-6)4-7-2-13-9(11)3-12-7/h2-3,5H,4H2,1H3. The van der Waals surface area contributed by atoms with E-state index in [0.717, 1.165) is 11.4 Å². The number of aryl methyl sites for hydroxylation is 1. The zero-order valence-corrected chi connectivity index (χ0v) is 9.50. The van der Waals surface area contributed by atoms with Crippen LogP contribution in [-0.4, -0.2) is 19.7 Å². The predicted octanol–water partition coefficient (Wildman–Crippen LogP) is 2.34. The van der Waals surface area contributed by atoms with Gasteiger partial charge in [-0.3, -0.25) is 9.67 Å². The number of nitrogens with zero attached hydrogens (tertiary/aromatic N) is 4. The van der Waals surface area contributed by atoms with E-state index in [1.165, 1.54) is 6.20 Å². The first-order valence-corrected chi connectivity index (χ1v) is 5.07. The number of rotatable bonds is 2. The first kappa shape index (κ1) is 10.4. The van der Waals surface area contributed by atoms with Gasteiger partial charge in [-0.05, 0) is 6.92 Å². The van der Waals surface area contributed by atoms with Gasteiger partial charge in [-0.15, -0.1) is 0 Å². The lowest BCUT2D eigenvalue weighted by Gasteiger charge is -1.99. The Morgan fingerprint density at radius 1 is 1.27 bits per heavy atom. The largest absolute Gasteiger partial charge is 0.265 e. The molecule has 6 heteroatoms. The average molecular weight is 243 g/mol. The smallest absolute Gasteiger partial charge is 0.147 e. The molecule has 0 unspecified atom stereocenters. The zero-order valence-electron chi connectivity index (χ0n) is 7.98. The van der Waals surface area contributed by atoms with Gasteiger partial charge in [0.2, 0.25) is 0 Å².